The number of hydrogen-bond donors (Lipinski definition) is 2. The molecule has 0 saturated carbocycles. The van der Waals surface area contributed by atoms with Gasteiger partial charge in [0.1, 0.15) is 11.6 Å². The van der Waals surface area contributed by atoms with Crippen LogP contribution in [0.2, 0.25) is 0 Å². The summed E-state index contributed by atoms with van der Waals surface area (Å²) in [7, 11) is -3.72. The highest BCUT2D eigenvalue weighted by molar-refractivity contribution is 7.89. The number of hydrogen-bond acceptors (Lipinski definition) is 3. The number of carbonyl (C=O) groups is 1. The second-order valence-electron chi connectivity index (χ2n) is 5.06. The number of amides is 1. The van der Waals surface area contributed by atoms with E-state index in [9.17, 15) is 22.0 Å². The van der Waals surface area contributed by atoms with Crippen molar-refractivity contribution in [2.75, 3.05) is 11.9 Å². The number of sulfonamides is 1. The fraction of sp³-hybridized carbons (Fsp3) is 0.188. The van der Waals surface area contributed by atoms with E-state index in [1.165, 1.54) is 18.2 Å². The summed E-state index contributed by atoms with van der Waals surface area (Å²) in [6.45, 7) is 3.47. The highest BCUT2D eigenvalue weighted by Gasteiger charge is 2.18. The van der Waals surface area contributed by atoms with Crippen molar-refractivity contribution in [2.24, 2.45) is 0 Å². The van der Waals surface area contributed by atoms with Crippen molar-refractivity contribution in [3.05, 3.63) is 59.2 Å². The summed E-state index contributed by atoms with van der Waals surface area (Å²) in [5, 5.41) is 2.31. The number of nitrogens with one attached hydrogen (secondary N) is 2. The summed E-state index contributed by atoms with van der Waals surface area (Å²) in [6.07, 6.45) is 0. The summed E-state index contributed by atoms with van der Waals surface area (Å²) < 4.78 is 52.9. The van der Waals surface area contributed by atoms with E-state index >= 15 is 0 Å². The topological polar surface area (TPSA) is 75.3 Å². The molecule has 2 aromatic rings. The van der Waals surface area contributed by atoms with Crippen LogP contribution in [-0.2, 0) is 10.0 Å². The first-order valence-corrected chi connectivity index (χ1v) is 8.59. The van der Waals surface area contributed by atoms with Crippen molar-refractivity contribution in [3.8, 4) is 0 Å². The van der Waals surface area contributed by atoms with Gasteiger partial charge in [-0.3, -0.25) is 4.79 Å². The molecule has 0 spiro atoms. The zero-order chi connectivity index (χ0) is 17.9. The maximum absolute atomic E-state index is 13.6. The molecule has 0 bridgehead atoms. The molecular weight excluding hydrogens is 338 g/mol. The molecule has 0 aliphatic carbocycles. The van der Waals surface area contributed by atoms with Crippen LogP contribution in [-0.4, -0.2) is 20.9 Å². The molecule has 1 amide bonds. The van der Waals surface area contributed by atoms with Crippen molar-refractivity contribution in [1.29, 1.82) is 0 Å². The number of rotatable bonds is 5. The van der Waals surface area contributed by atoms with Crippen molar-refractivity contribution in [3.63, 3.8) is 0 Å². The first-order valence-electron chi connectivity index (χ1n) is 7.11. The number of anilines is 1. The molecule has 128 valence electrons. The quantitative estimate of drug-likeness (QED) is 0.867. The predicted molar refractivity (Wildman–Crippen MR) is 86.4 cm³/mol. The lowest BCUT2D eigenvalue weighted by Gasteiger charge is -2.11. The number of halogens is 2. The average Bonchev–Trinajstić information content (AvgIpc) is 2.50. The molecule has 8 heteroatoms. The molecule has 0 unspecified atom stereocenters. The molecule has 0 aliphatic rings. The highest BCUT2D eigenvalue weighted by Crippen LogP contribution is 2.19. The Bertz CT molecular complexity index is 883. The van der Waals surface area contributed by atoms with E-state index in [4.69, 9.17) is 0 Å². The number of aryl methyl sites for hydroxylation is 1. The van der Waals surface area contributed by atoms with Gasteiger partial charge < -0.3 is 5.32 Å². The largest absolute Gasteiger partial charge is 0.319 e. The van der Waals surface area contributed by atoms with Gasteiger partial charge in [0, 0.05) is 18.2 Å². The Morgan fingerprint density at radius 3 is 2.46 bits per heavy atom. The van der Waals surface area contributed by atoms with Crippen molar-refractivity contribution in [1.82, 2.24) is 4.72 Å². The lowest BCUT2D eigenvalue weighted by atomic mass is 10.1. The van der Waals surface area contributed by atoms with Crippen LogP contribution in [0.4, 0.5) is 14.5 Å². The molecule has 0 saturated heterocycles. The van der Waals surface area contributed by atoms with Crippen LogP contribution in [0, 0.1) is 18.6 Å². The molecule has 0 fully saturated rings. The minimum absolute atomic E-state index is 0.0697. The molecule has 0 radical (unpaired) electrons. The van der Waals surface area contributed by atoms with Gasteiger partial charge >= 0.3 is 0 Å². The Labute approximate surface area is 138 Å². The Kier molecular flexibility index (Phi) is 5.30. The SMILES string of the molecule is CCNS(=O)(=O)c1ccc(C)c(C(=O)Nc2ccc(F)cc2F)c1. The van der Waals surface area contributed by atoms with E-state index < -0.39 is 27.6 Å². The molecule has 24 heavy (non-hydrogen) atoms. The predicted octanol–water partition coefficient (Wildman–Crippen LogP) is 2.82. The molecule has 5 nitrogen and oxygen atoms in total. The van der Waals surface area contributed by atoms with Crippen molar-refractivity contribution >= 4 is 21.6 Å². The van der Waals surface area contributed by atoms with E-state index in [-0.39, 0.29) is 22.7 Å². The van der Waals surface area contributed by atoms with Gasteiger partial charge in [-0.1, -0.05) is 13.0 Å². The summed E-state index contributed by atoms with van der Waals surface area (Å²) in [4.78, 5) is 12.3. The second kappa shape index (κ2) is 7.06. The van der Waals surface area contributed by atoms with Gasteiger partial charge in [0.05, 0.1) is 10.6 Å². The molecule has 0 heterocycles. The second-order valence-corrected chi connectivity index (χ2v) is 6.82. The highest BCUT2D eigenvalue weighted by atomic mass is 32.2. The monoisotopic (exact) mass is 354 g/mol. The summed E-state index contributed by atoms with van der Waals surface area (Å²) in [5.74, 6) is -2.37. The molecule has 2 aromatic carbocycles. The Morgan fingerprint density at radius 1 is 1.12 bits per heavy atom. The zero-order valence-electron chi connectivity index (χ0n) is 13.1. The number of benzene rings is 2. The lowest BCUT2D eigenvalue weighted by Crippen LogP contribution is -2.24. The van der Waals surface area contributed by atoms with Crippen LogP contribution in [0.15, 0.2) is 41.3 Å². The standard InChI is InChI=1S/C16H16F2N2O3S/c1-3-19-24(22,23)12-6-4-10(2)13(9-12)16(21)20-15-7-5-11(17)8-14(15)18/h4-9,19H,3H2,1-2H3,(H,20,21). The van der Waals surface area contributed by atoms with E-state index in [0.29, 0.717) is 11.6 Å². The Morgan fingerprint density at radius 2 is 1.83 bits per heavy atom. The van der Waals surface area contributed by atoms with Crippen molar-refractivity contribution < 1.29 is 22.0 Å². The molecule has 0 aliphatic heterocycles. The van der Waals surface area contributed by atoms with Crippen LogP contribution in [0.5, 0.6) is 0 Å². The van der Waals surface area contributed by atoms with E-state index in [1.807, 2.05) is 0 Å². The van der Waals surface area contributed by atoms with Gasteiger partial charge in [0.2, 0.25) is 10.0 Å². The first kappa shape index (κ1) is 18.0. The maximum Gasteiger partial charge on any atom is 0.256 e. The van der Waals surface area contributed by atoms with Gasteiger partial charge in [-0.15, -0.1) is 0 Å². The minimum atomic E-state index is -3.72. The molecule has 0 aromatic heterocycles. The van der Waals surface area contributed by atoms with Crippen LogP contribution in [0.3, 0.4) is 0 Å². The van der Waals surface area contributed by atoms with E-state index in [1.54, 1.807) is 13.8 Å². The van der Waals surface area contributed by atoms with Crippen LogP contribution < -0.4 is 10.0 Å². The zero-order valence-corrected chi connectivity index (χ0v) is 13.9. The third-order valence-electron chi connectivity index (χ3n) is 3.28. The smallest absolute Gasteiger partial charge is 0.256 e. The lowest BCUT2D eigenvalue weighted by molar-refractivity contribution is 0.102. The molecule has 0 atom stereocenters. The fourth-order valence-electron chi connectivity index (χ4n) is 2.07. The molecular formula is C16H16F2N2O3S. The van der Waals surface area contributed by atoms with E-state index in [0.717, 1.165) is 12.1 Å². The first-order chi connectivity index (χ1) is 11.2. The summed E-state index contributed by atoms with van der Waals surface area (Å²) >= 11 is 0. The maximum atomic E-state index is 13.6. The van der Waals surface area contributed by atoms with Crippen molar-refractivity contribution in [2.45, 2.75) is 18.7 Å². The third kappa shape index (κ3) is 3.95. The van der Waals surface area contributed by atoms with Crippen LogP contribution in [0.25, 0.3) is 0 Å². The summed E-state index contributed by atoms with van der Waals surface area (Å²) in [6, 6.07) is 6.83. The van der Waals surface area contributed by atoms with Gasteiger partial charge in [0.15, 0.2) is 0 Å². The van der Waals surface area contributed by atoms with E-state index in [2.05, 4.69) is 10.0 Å². The van der Waals surface area contributed by atoms with Gasteiger partial charge in [-0.2, -0.15) is 0 Å². The third-order valence-corrected chi connectivity index (χ3v) is 4.82. The number of carbonyl (C=O) groups excluding carboxylic acids is 1. The average molecular weight is 354 g/mol. The molecule has 2 N–H and O–H groups in total. The Hall–Kier alpha value is -2.32. The van der Waals surface area contributed by atoms with Gasteiger partial charge in [-0.05, 0) is 36.8 Å². The fourth-order valence-corrected chi connectivity index (χ4v) is 3.13. The normalized spacial score (nSPS) is 11.3. The minimum Gasteiger partial charge on any atom is -0.319 e. The Balaban J connectivity index is 2.35. The molecule has 2 rings (SSSR count). The van der Waals surface area contributed by atoms with Crippen LogP contribution in [0.1, 0.15) is 22.8 Å². The summed E-state index contributed by atoms with van der Waals surface area (Å²) in [5.41, 5.74) is 0.406. The van der Waals surface area contributed by atoms with Gasteiger partial charge in [0.25, 0.3) is 5.91 Å². The van der Waals surface area contributed by atoms with Crippen LogP contribution >= 0.6 is 0 Å². The van der Waals surface area contributed by atoms with Gasteiger partial charge in [-0.25, -0.2) is 21.9 Å².